The fourth-order valence-electron chi connectivity index (χ4n) is 1.87. The summed E-state index contributed by atoms with van der Waals surface area (Å²) in [7, 11) is 0. The first kappa shape index (κ1) is 13.8. The highest BCUT2D eigenvalue weighted by molar-refractivity contribution is 5.80. The molecule has 2 heteroatoms. The Morgan fingerprint density at radius 2 is 1.94 bits per heavy atom. The zero-order valence-electron chi connectivity index (χ0n) is 11.2. The van der Waals surface area contributed by atoms with E-state index in [1.807, 2.05) is 32.9 Å². The van der Waals surface area contributed by atoms with Crippen molar-refractivity contribution in [3.05, 3.63) is 29.3 Å². The first-order chi connectivity index (χ1) is 7.91. The smallest absolute Gasteiger partial charge is 0.135 e. The quantitative estimate of drug-likeness (QED) is 0.841. The highest BCUT2D eigenvalue weighted by Gasteiger charge is 2.14. The number of phenolic OH excluding ortho intramolecular Hbond substituents is 1. The maximum Gasteiger partial charge on any atom is 0.135 e. The van der Waals surface area contributed by atoms with Gasteiger partial charge >= 0.3 is 0 Å². The van der Waals surface area contributed by atoms with E-state index < -0.39 is 0 Å². The van der Waals surface area contributed by atoms with Crippen LogP contribution in [0.5, 0.6) is 5.75 Å². The molecule has 0 unspecified atom stereocenters. The zero-order valence-corrected chi connectivity index (χ0v) is 11.2. The fourth-order valence-corrected chi connectivity index (χ4v) is 1.87. The molecule has 1 N–H and O–H groups in total. The van der Waals surface area contributed by atoms with E-state index in [0.717, 1.165) is 17.5 Å². The normalized spacial score (nSPS) is 12.8. The lowest BCUT2D eigenvalue weighted by atomic mass is 9.92. The summed E-state index contributed by atoms with van der Waals surface area (Å²) in [6.45, 7) is 7.86. The van der Waals surface area contributed by atoms with E-state index in [1.54, 1.807) is 6.07 Å². The Labute approximate surface area is 104 Å². The minimum atomic E-state index is 0.105. The van der Waals surface area contributed by atoms with Gasteiger partial charge in [-0.2, -0.15) is 0 Å². The third-order valence-electron chi connectivity index (χ3n) is 3.18. The first-order valence-electron chi connectivity index (χ1n) is 6.24. The maximum atomic E-state index is 11.6. The van der Waals surface area contributed by atoms with Gasteiger partial charge in [0.25, 0.3) is 0 Å². The predicted molar refractivity (Wildman–Crippen MR) is 70.3 cm³/mol. The highest BCUT2D eigenvalue weighted by Crippen LogP contribution is 2.29. The number of carbonyl (C=O) groups is 1. The van der Waals surface area contributed by atoms with E-state index in [2.05, 4.69) is 6.92 Å². The molecule has 0 spiro atoms. The van der Waals surface area contributed by atoms with Crippen molar-refractivity contribution in [1.29, 1.82) is 0 Å². The molecule has 94 valence electrons. The second-order valence-electron chi connectivity index (χ2n) is 5.12. The van der Waals surface area contributed by atoms with Gasteiger partial charge in [0, 0.05) is 12.3 Å². The predicted octanol–water partition coefficient (Wildman–Crippen LogP) is 3.81. The van der Waals surface area contributed by atoms with E-state index >= 15 is 0 Å². The second kappa shape index (κ2) is 5.85. The Kier molecular flexibility index (Phi) is 4.73. The largest absolute Gasteiger partial charge is 0.508 e. The second-order valence-corrected chi connectivity index (χ2v) is 5.12. The molecule has 0 fully saturated rings. The van der Waals surface area contributed by atoms with Crippen LogP contribution in [0.15, 0.2) is 18.2 Å². The minimum absolute atomic E-state index is 0.105. The SMILES string of the molecule is Cc1ccc([C@@H](C)CCC(=O)C(C)C)c(O)c1. The molecule has 1 aromatic carbocycles. The Bertz CT molecular complexity index is 394. The Balaban J connectivity index is 2.64. The molecule has 2 nitrogen and oxygen atoms in total. The average Bonchev–Trinajstić information content (AvgIpc) is 2.25. The molecule has 0 radical (unpaired) electrons. The number of ketones is 1. The minimum Gasteiger partial charge on any atom is -0.508 e. The Morgan fingerprint density at radius 1 is 1.29 bits per heavy atom. The van der Waals surface area contributed by atoms with Crippen LogP contribution in [-0.2, 0) is 4.79 Å². The van der Waals surface area contributed by atoms with Crippen LogP contribution in [0.1, 0.15) is 50.7 Å². The number of hydrogen-bond donors (Lipinski definition) is 1. The molecule has 0 aromatic heterocycles. The molecule has 0 saturated carbocycles. The Hall–Kier alpha value is -1.31. The summed E-state index contributed by atoms with van der Waals surface area (Å²) in [6.07, 6.45) is 1.39. The molecule has 0 amide bonds. The van der Waals surface area contributed by atoms with Gasteiger partial charge < -0.3 is 5.11 Å². The molecule has 1 rings (SSSR count). The van der Waals surface area contributed by atoms with Crippen molar-refractivity contribution in [2.75, 3.05) is 0 Å². The Morgan fingerprint density at radius 3 is 2.47 bits per heavy atom. The van der Waals surface area contributed by atoms with Gasteiger partial charge in [0.2, 0.25) is 0 Å². The molecule has 0 bridgehead atoms. The number of aromatic hydroxyl groups is 1. The molecule has 0 heterocycles. The van der Waals surface area contributed by atoms with Crippen LogP contribution in [0, 0.1) is 12.8 Å². The van der Waals surface area contributed by atoms with Crippen molar-refractivity contribution < 1.29 is 9.90 Å². The molecule has 17 heavy (non-hydrogen) atoms. The number of aryl methyl sites for hydroxylation is 1. The number of carbonyl (C=O) groups excluding carboxylic acids is 1. The fraction of sp³-hybridized carbons (Fsp3) is 0.533. The van der Waals surface area contributed by atoms with Crippen LogP contribution in [0.4, 0.5) is 0 Å². The van der Waals surface area contributed by atoms with Crippen LogP contribution in [0.25, 0.3) is 0 Å². The number of rotatable bonds is 5. The average molecular weight is 234 g/mol. The summed E-state index contributed by atoms with van der Waals surface area (Å²) in [5.41, 5.74) is 1.99. The van der Waals surface area contributed by atoms with Crippen LogP contribution in [-0.4, -0.2) is 10.9 Å². The summed E-state index contributed by atoms with van der Waals surface area (Å²) in [5, 5.41) is 9.85. The molecule has 0 aliphatic heterocycles. The summed E-state index contributed by atoms with van der Waals surface area (Å²) in [5.74, 6) is 0.963. The van der Waals surface area contributed by atoms with Crippen molar-refractivity contribution >= 4 is 5.78 Å². The summed E-state index contributed by atoms with van der Waals surface area (Å²) >= 11 is 0. The number of phenols is 1. The van der Waals surface area contributed by atoms with Gasteiger partial charge in [0.15, 0.2) is 0 Å². The van der Waals surface area contributed by atoms with Gasteiger partial charge in [-0.05, 0) is 36.5 Å². The van der Waals surface area contributed by atoms with Gasteiger partial charge in [-0.25, -0.2) is 0 Å². The standard InChI is InChI=1S/C15H22O2/c1-10(2)14(16)8-6-12(4)13-7-5-11(3)9-15(13)17/h5,7,9-10,12,17H,6,8H2,1-4H3/t12-/m0/s1. The van der Waals surface area contributed by atoms with Gasteiger partial charge in [-0.3, -0.25) is 4.79 Å². The summed E-state index contributed by atoms with van der Waals surface area (Å²) in [6, 6.07) is 5.72. The van der Waals surface area contributed by atoms with Crippen molar-refractivity contribution in [3.8, 4) is 5.75 Å². The summed E-state index contributed by atoms with van der Waals surface area (Å²) < 4.78 is 0. The number of hydrogen-bond acceptors (Lipinski definition) is 2. The van der Waals surface area contributed by atoms with Gasteiger partial charge in [-0.1, -0.05) is 32.9 Å². The van der Waals surface area contributed by atoms with E-state index in [1.165, 1.54) is 0 Å². The van der Waals surface area contributed by atoms with E-state index in [9.17, 15) is 9.90 Å². The lowest BCUT2D eigenvalue weighted by molar-refractivity contribution is -0.122. The van der Waals surface area contributed by atoms with Crippen LogP contribution < -0.4 is 0 Å². The van der Waals surface area contributed by atoms with Crippen molar-refractivity contribution in [1.82, 2.24) is 0 Å². The molecular formula is C15H22O2. The van der Waals surface area contributed by atoms with E-state index in [4.69, 9.17) is 0 Å². The van der Waals surface area contributed by atoms with Gasteiger partial charge in [0.05, 0.1) is 0 Å². The van der Waals surface area contributed by atoms with Gasteiger partial charge in [0.1, 0.15) is 11.5 Å². The maximum absolute atomic E-state index is 11.6. The van der Waals surface area contributed by atoms with Crippen molar-refractivity contribution in [3.63, 3.8) is 0 Å². The van der Waals surface area contributed by atoms with Crippen LogP contribution in [0.2, 0.25) is 0 Å². The lowest BCUT2D eigenvalue weighted by Gasteiger charge is -2.14. The third-order valence-corrected chi connectivity index (χ3v) is 3.18. The number of benzene rings is 1. The molecular weight excluding hydrogens is 212 g/mol. The lowest BCUT2D eigenvalue weighted by Crippen LogP contribution is -2.08. The van der Waals surface area contributed by atoms with Crippen molar-refractivity contribution in [2.45, 2.75) is 46.5 Å². The summed E-state index contributed by atoms with van der Waals surface area (Å²) in [4.78, 5) is 11.6. The molecule has 0 aliphatic carbocycles. The monoisotopic (exact) mass is 234 g/mol. The number of Topliss-reactive ketones (excluding diaryl/α,β-unsaturated/α-hetero) is 1. The van der Waals surface area contributed by atoms with E-state index in [0.29, 0.717) is 18.0 Å². The van der Waals surface area contributed by atoms with Crippen LogP contribution >= 0.6 is 0 Å². The van der Waals surface area contributed by atoms with Crippen LogP contribution in [0.3, 0.4) is 0 Å². The van der Waals surface area contributed by atoms with E-state index in [-0.39, 0.29) is 11.8 Å². The highest BCUT2D eigenvalue weighted by atomic mass is 16.3. The molecule has 0 saturated heterocycles. The van der Waals surface area contributed by atoms with Crippen molar-refractivity contribution in [2.24, 2.45) is 5.92 Å². The topological polar surface area (TPSA) is 37.3 Å². The molecule has 1 aromatic rings. The first-order valence-corrected chi connectivity index (χ1v) is 6.24. The molecule has 1 atom stereocenters. The van der Waals surface area contributed by atoms with Gasteiger partial charge in [-0.15, -0.1) is 0 Å². The third kappa shape index (κ3) is 3.88. The zero-order chi connectivity index (χ0) is 13.0. The molecule has 0 aliphatic rings.